The molecule has 0 spiro atoms. The standard InChI is InChI=1S/C9H19NO2S/c1-7(2)8(9(11)12-3)10-5-4-6-13/h7-8,10,13H,4-6H2,1-3H3/t8-/m0/s1. The van der Waals surface area contributed by atoms with E-state index < -0.39 is 0 Å². The van der Waals surface area contributed by atoms with E-state index >= 15 is 0 Å². The Hall–Kier alpha value is -0.220. The summed E-state index contributed by atoms with van der Waals surface area (Å²) in [5.74, 6) is 0.903. The Kier molecular flexibility index (Phi) is 7.09. The van der Waals surface area contributed by atoms with Crippen molar-refractivity contribution in [1.29, 1.82) is 0 Å². The van der Waals surface area contributed by atoms with Gasteiger partial charge in [-0.3, -0.25) is 4.79 Å². The predicted molar refractivity (Wildman–Crippen MR) is 57.1 cm³/mol. The van der Waals surface area contributed by atoms with Gasteiger partial charge in [-0.25, -0.2) is 0 Å². The summed E-state index contributed by atoms with van der Waals surface area (Å²) in [6.07, 6.45) is 0.962. The van der Waals surface area contributed by atoms with Crippen molar-refractivity contribution in [3.05, 3.63) is 0 Å². The summed E-state index contributed by atoms with van der Waals surface area (Å²) in [5, 5.41) is 3.15. The van der Waals surface area contributed by atoms with E-state index in [0.717, 1.165) is 18.7 Å². The molecule has 0 saturated heterocycles. The first-order valence-corrected chi connectivity index (χ1v) is 5.18. The fourth-order valence-electron chi connectivity index (χ4n) is 1.05. The Morgan fingerprint density at radius 3 is 2.54 bits per heavy atom. The fourth-order valence-corrected chi connectivity index (χ4v) is 1.21. The summed E-state index contributed by atoms with van der Waals surface area (Å²) < 4.78 is 4.68. The maximum absolute atomic E-state index is 11.2. The van der Waals surface area contributed by atoms with Gasteiger partial charge >= 0.3 is 5.97 Å². The molecule has 1 N–H and O–H groups in total. The molecule has 0 aromatic carbocycles. The summed E-state index contributed by atoms with van der Waals surface area (Å²) in [7, 11) is 1.41. The van der Waals surface area contributed by atoms with Gasteiger partial charge in [-0.1, -0.05) is 13.8 Å². The van der Waals surface area contributed by atoms with Gasteiger partial charge in [-0.15, -0.1) is 0 Å². The molecule has 0 unspecified atom stereocenters. The summed E-state index contributed by atoms with van der Waals surface area (Å²) in [6, 6.07) is -0.190. The van der Waals surface area contributed by atoms with Gasteiger partial charge in [0.05, 0.1) is 7.11 Å². The average molecular weight is 205 g/mol. The lowest BCUT2D eigenvalue weighted by Crippen LogP contribution is -2.42. The van der Waals surface area contributed by atoms with Gasteiger partial charge in [0, 0.05) is 0 Å². The number of methoxy groups -OCH3 is 1. The van der Waals surface area contributed by atoms with Crippen molar-refractivity contribution in [1.82, 2.24) is 5.32 Å². The molecule has 0 heterocycles. The molecule has 1 atom stereocenters. The van der Waals surface area contributed by atoms with Gasteiger partial charge in [0.2, 0.25) is 0 Å². The van der Waals surface area contributed by atoms with Gasteiger partial charge < -0.3 is 10.1 Å². The van der Waals surface area contributed by atoms with E-state index in [4.69, 9.17) is 0 Å². The zero-order valence-electron chi connectivity index (χ0n) is 8.54. The third-order valence-corrected chi connectivity index (χ3v) is 2.14. The van der Waals surface area contributed by atoms with Gasteiger partial charge in [-0.2, -0.15) is 12.6 Å². The number of carbonyl (C=O) groups is 1. The van der Waals surface area contributed by atoms with Crippen LogP contribution in [-0.4, -0.2) is 31.4 Å². The molecule has 0 radical (unpaired) electrons. The van der Waals surface area contributed by atoms with Crippen LogP contribution in [0.15, 0.2) is 0 Å². The molecule has 0 aliphatic rings. The van der Waals surface area contributed by atoms with Crippen LogP contribution in [0, 0.1) is 5.92 Å². The zero-order valence-corrected chi connectivity index (χ0v) is 9.43. The van der Waals surface area contributed by atoms with Crippen molar-refractivity contribution < 1.29 is 9.53 Å². The average Bonchev–Trinajstić information content (AvgIpc) is 2.11. The minimum absolute atomic E-state index is 0.186. The summed E-state index contributed by atoms with van der Waals surface area (Å²) in [5.41, 5.74) is 0. The summed E-state index contributed by atoms with van der Waals surface area (Å²) >= 11 is 4.09. The lowest BCUT2D eigenvalue weighted by molar-refractivity contribution is -0.144. The Morgan fingerprint density at radius 1 is 1.54 bits per heavy atom. The van der Waals surface area contributed by atoms with Crippen LogP contribution in [0.5, 0.6) is 0 Å². The van der Waals surface area contributed by atoms with Crippen molar-refractivity contribution in [2.24, 2.45) is 5.92 Å². The summed E-state index contributed by atoms with van der Waals surface area (Å²) in [4.78, 5) is 11.2. The third kappa shape index (κ3) is 5.16. The highest BCUT2D eigenvalue weighted by atomic mass is 32.1. The van der Waals surface area contributed by atoms with Crippen LogP contribution in [0.2, 0.25) is 0 Å². The molecule has 4 heteroatoms. The van der Waals surface area contributed by atoms with E-state index in [9.17, 15) is 4.79 Å². The normalized spacial score (nSPS) is 13.0. The maximum Gasteiger partial charge on any atom is 0.323 e. The molecule has 3 nitrogen and oxygen atoms in total. The van der Waals surface area contributed by atoms with Crippen molar-refractivity contribution in [3.63, 3.8) is 0 Å². The highest BCUT2D eigenvalue weighted by molar-refractivity contribution is 7.80. The number of hydrogen-bond acceptors (Lipinski definition) is 4. The first kappa shape index (κ1) is 12.8. The van der Waals surface area contributed by atoms with Gasteiger partial charge in [-0.05, 0) is 24.6 Å². The van der Waals surface area contributed by atoms with Crippen LogP contribution in [0.1, 0.15) is 20.3 Å². The van der Waals surface area contributed by atoms with E-state index in [-0.39, 0.29) is 17.9 Å². The van der Waals surface area contributed by atoms with Crippen LogP contribution >= 0.6 is 12.6 Å². The van der Waals surface area contributed by atoms with E-state index in [1.165, 1.54) is 7.11 Å². The number of rotatable bonds is 6. The lowest BCUT2D eigenvalue weighted by atomic mass is 10.0. The van der Waals surface area contributed by atoms with Gasteiger partial charge in [0.1, 0.15) is 6.04 Å². The molecule has 0 amide bonds. The maximum atomic E-state index is 11.2. The lowest BCUT2D eigenvalue weighted by Gasteiger charge is -2.19. The molecule has 13 heavy (non-hydrogen) atoms. The van der Waals surface area contributed by atoms with Crippen molar-refractivity contribution in [3.8, 4) is 0 Å². The fraction of sp³-hybridized carbons (Fsp3) is 0.889. The van der Waals surface area contributed by atoms with Crippen LogP contribution in [0.25, 0.3) is 0 Å². The number of esters is 1. The number of hydrogen-bond donors (Lipinski definition) is 2. The molecule has 0 aromatic heterocycles. The Morgan fingerprint density at radius 2 is 2.15 bits per heavy atom. The Balaban J connectivity index is 3.88. The minimum Gasteiger partial charge on any atom is -0.468 e. The molecule has 0 aliphatic heterocycles. The number of ether oxygens (including phenoxy) is 1. The van der Waals surface area contributed by atoms with Gasteiger partial charge in [0.15, 0.2) is 0 Å². The molecule has 0 fully saturated rings. The van der Waals surface area contributed by atoms with E-state index in [1.807, 2.05) is 13.8 Å². The topological polar surface area (TPSA) is 38.3 Å². The molecule has 0 bridgehead atoms. The molecular weight excluding hydrogens is 186 g/mol. The van der Waals surface area contributed by atoms with Crippen molar-refractivity contribution >= 4 is 18.6 Å². The van der Waals surface area contributed by atoms with Crippen LogP contribution in [0.3, 0.4) is 0 Å². The number of thiol groups is 1. The predicted octanol–water partition coefficient (Wildman–Crippen LogP) is 1.09. The monoisotopic (exact) mass is 205 g/mol. The molecule has 0 aliphatic carbocycles. The highest BCUT2D eigenvalue weighted by Gasteiger charge is 2.21. The van der Waals surface area contributed by atoms with Crippen molar-refractivity contribution in [2.75, 3.05) is 19.4 Å². The minimum atomic E-state index is -0.190. The largest absolute Gasteiger partial charge is 0.468 e. The smallest absolute Gasteiger partial charge is 0.323 e. The van der Waals surface area contributed by atoms with E-state index in [0.29, 0.717) is 0 Å². The molecular formula is C9H19NO2S. The quantitative estimate of drug-likeness (QED) is 0.387. The summed E-state index contributed by atoms with van der Waals surface area (Å²) in [6.45, 7) is 4.80. The second kappa shape index (κ2) is 7.21. The first-order valence-electron chi connectivity index (χ1n) is 4.55. The SMILES string of the molecule is COC(=O)[C@@H](NCCCS)C(C)C. The second-order valence-corrected chi connectivity index (χ2v) is 3.72. The number of carbonyl (C=O) groups excluding carboxylic acids is 1. The zero-order chi connectivity index (χ0) is 10.3. The molecule has 0 rings (SSSR count). The Bertz CT molecular complexity index is 151. The molecule has 0 aromatic rings. The van der Waals surface area contributed by atoms with E-state index in [1.54, 1.807) is 0 Å². The van der Waals surface area contributed by atoms with Crippen LogP contribution in [-0.2, 0) is 9.53 Å². The first-order chi connectivity index (χ1) is 6.13. The van der Waals surface area contributed by atoms with E-state index in [2.05, 4.69) is 22.7 Å². The Labute approximate surface area is 85.6 Å². The highest BCUT2D eigenvalue weighted by Crippen LogP contribution is 2.03. The molecule has 0 saturated carbocycles. The van der Waals surface area contributed by atoms with Crippen molar-refractivity contribution in [2.45, 2.75) is 26.3 Å². The molecule has 78 valence electrons. The van der Waals surface area contributed by atoms with Crippen LogP contribution < -0.4 is 5.32 Å². The third-order valence-electron chi connectivity index (χ3n) is 1.82. The van der Waals surface area contributed by atoms with Crippen LogP contribution in [0.4, 0.5) is 0 Å². The van der Waals surface area contributed by atoms with Gasteiger partial charge in [0.25, 0.3) is 0 Å². The number of nitrogens with one attached hydrogen (secondary N) is 1. The second-order valence-electron chi connectivity index (χ2n) is 3.28.